The number of rotatable bonds is 5. The van der Waals surface area contributed by atoms with Crippen molar-refractivity contribution in [2.24, 2.45) is 7.05 Å². The summed E-state index contributed by atoms with van der Waals surface area (Å²) >= 11 is 0. The molecule has 2 aliphatic rings. The summed E-state index contributed by atoms with van der Waals surface area (Å²) in [6, 6.07) is 0. The molecule has 0 bridgehead atoms. The summed E-state index contributed by atoms with van der Waals surface area (Å²) in [6.45, 7) is 2.92. The Balaban J connectivity index is 1.55. The monoisotopic (exact) mass is 364 g/mol. The lowest BCUT2D eigenvalue weighted by Gasteiger charge is -2.36. The van der Waals surface area contributed by atoms with Gasteiger partial charge in [0.05, 0.1) is 25.2 Å². The Morgan fingerprint density at radius 2 is 2.12 bits per heavy atom. The van der Waals surface area contributed by atoms with E-state index in [0.717, 1.165) is 25.9 Å². The van der Waals surface area contributed by atoms with E-state index in [2.05, 4.69) is 4.98 Å². The minimum Gasteiger partial charge on any atom is -0.378 e. The highest BCUT2D eigenvalue weighted by molar-refractivity contribution is 5.76. The van der Waals surface area contributed by atoms with Crippen molar-refractivity contribution in [1.82, 2.24) is 14.5 Å². The van der Waals surface area contributed by atoms with Crippen molar-refractivity contribution in [1.29, 1.82) is 0 Å². The van der Waals surface area contributed by atoms with Gasteiger partial charge in [0.2, 0.25) is 5.91 Å². The Morgan fingerprint density at radius 3 is 2.88 bits per heavy atom. The molecular weight excluding hydrogens is 336 g/mol. The molecule has 0 aliphatic carbocycles. The molecule has 1 amide bonds. The molecule has 0 radical (unpaired) electrons. The Labute approximate surface area is 153 Å². The van der Waals surface area contributed by atoms with E-state index in [1.807, 2.05) is 11.9 Å². The van der Waals surface area contributed by atoms with Crippen LogP contribution in [0.15, 0.2) is 17.2 Å². The van der Waals surface area contributed by atoms with E-state index < -0.39 is 0 Å². The minimum absolute atomic E-state index is 0.0526. The van der Waals surface area contributed by atoms with Gasteiger partial charge in [-0.15, -0.1) is 0 Å². The van der Waals surface area contributed by atoms with Crippen LogP contribution >= 0.6 is 0 Å². The normalized spacial score (nSPS) is 23.7. The Hall–Kier alpha value is -1.93. The number of amides is 1. The molecule has 1 aromatic heterocycles. The molecule has 2 atom stereocenters. The van der Waals surface area contributed by atoms with E-state index in [9.17, 15) is 9.59 Å². The molecule has 144 valence electrons. The molecule has 1 aromatic rings. The number of aryl methyl sites for hydroxylation is 1. The third-order valence-corrected chi connectivity index (χ3v) is 5.01. The second kappa shape index (κ2) is 8.64. The van der Waals surface area contributed by atoms with Gasteiger partial charge in [-0.25, -0.2) is 4.98 Å². The van der Waals surface area contributed by atoms with E-state index in [4.69, 9.17) is 9.47 Å². The van der Waals surface area contributed by atoms with Gasteiger partial charge in [0.25, 0.3) is 5.56 Å². The van der Waals surface area contributed by atoms with Crippen LogP contribution in [0.4, 0.5) is 5.82 Å². The summed E-state index contributed by atoms with van der Waals surface area (Å²) in [5, 5.41) is 0. The fourth-order valence-electron chi connectivity index (χ4n) is 3.49. The first kappa shape index (κ1) is 18.8. The average molecular weight is 364 g/mol. The van der Waals surface area contributed by atoms with Crippen LogP contribution in [0.1, 0.15) is 25.7 Å². The Kier molecular flexibility index (Phi) is 6.26. The van der Waals surface area contributed by atoms with Crippen LogP contribution in [0.25, 0.3) is 0 Å². The number of carbonyl (C=O) groups is 1. The topological polar surface area (TPSA) is 76.9 Å². The van der Waals surface area contributed by atoms with Crippen molar-refractivity contribution in [3.63, 3.8) is 0 Å². The van der Waals surface area contributed by atoms with Gasteiger partial charge in [-0.2, -0.15) is 0 Å². The van der Waals surface area contributed by atoms with Crippen LogP contribution in [-0.4, -0.2) is 72.5 Å². The molecule has 2 fully saturated rings. The molecule has 0 spiro atoms. The van der Waals surface area contributed by atoms with Crippen molar-refractivity contribution in [2.45, 2.75) is 37.9 Å². The Bertz CT molecular complexity index is 671. The van der Waals surface area contributed by atoms with Gasteiger partial charge in [-0.3, -0.25) is 9.59 Å². The van der Waals surface area contributed by atoms with Crippen LogP contribution in [0.3, 0.4) is 0 Å². The van der Waals surface area contributed by atoms with Gasteiger partial charge >= 0.3 is 0 Å². The number of likely N-dealkylation sites (N-methyl/N-ethyl adjacent to an activating group) is 1. The molecule has 0 unspecified atom stereocenters. The highest BCUT2D eigenvalue weighted by Gasteiger charge is 2.28. The van der Waals surface area contributed by atoms with Crippen LogP contribution in [0.2, 0.25) is 0 Å². The maximum atomic E-state index is 12.6. The summed E-state index contributed by atoms with van der Waals surface area (Å²) in [6.07, 6.45) is 6.78. The van der Waals surface area contributed by atoms with Crippen LogP contribution in [-0.2, 0) is 21.3 Å². The van der Waals surface area contributed by atoms with Crippen molar-refractivity contribution < 1.29 is 14.3 Å². The zero-order valence-electron chi connectivity index (χ0n) is 15.6. The fraction of sp³-hybridized carbons (Fsp3) is 0.722. The third-order valence-electron chi connectivity index (χ3n) is 5.01. The lowest BCUT2D eigenvalue weighted by Crippen LogP contribution is -2.50. The van der Waals surface area contributed by atoms with Gasteiger partial charge in [0.15, 0.2) is 5.82 Å². The number of hydrogen-bond acceptors (Lipinski definition) is 6. The second-order valence-corrected chi connectivity index (χ2v) is 7.07. The van der Waals surface area contributed by atoms with Gasteiger partial charge in [0.1, 0.15) is 0 Å². The molecule has 3 rings (SSSR count). The number of hydrogen-bond donors (Lipinski definition) is 0. The quantitative estimate of drug-likeness (QED) is 0.753. The SMILES string of the molecule is CN(C[C@H]1CN(C(=O)C[C@H]2CCCCO2)CCO1)c1nccn(C)c1=O. The number of anilines is 1. The molecule has 2 saturated heterocycles. The maximum Gasteiger partial charge on any atom is 0.293 e. The van der Waals surface area contributed by atoms with Crippen molar-refractivity contribution in [3.8, 4) is 0 Å². The van der Waals surface area contributed by atoms with Crippen LogP contribution in [0.5, 0.6) is 0 Å². The molecule has 2 aliphatic heterocycles. The second-order valence-electron chi connectivity index (χ2n) is 7.07. The van der Waals surface area contributed by atoms with Gasteiger partial charge in [-0.05, 0) is 19.3 Å². The summed E-state index contributed by atoms with van der Waals surface area (Å²) < 4.78 is 13.0. The molecular formula is C18H28N4O4. The van der Waals surface area contributed by atoms with E-state index in [1.165, 1.54) is 4.57 Å². The summed E-state index contributed by atoms with van der Waals surface area (Å²) in [4.78, 5) is 32.6. The highest BCUT2D eigenvalue weighted by Crippen LogP contribution is 2.18. The lowest BCUT2D eigenvalue weighted by molar-refractivity contribution is -0.142. The first-order valence-electron chi connectivity index (χ1n) is 9.28. The summed E-state index contributed by atoms with van der Waals surface area (Å²) in [7, 11) is 3.52. The molecule has 0 N–H and O–H groups in total. The average Bonchev–Trinajstić information content (AvgIpc) is 2.65. The minimum atomic E-state index is -0.145. The lowest BCUT2D eigenvalue weighted by atomic mass is 10.1. The number of ether oxygens (including phenoxy) is 2. The van der Waals surface area contributed by atoms with E-state index in [1.54, 1.807) is 24.3 Å². The van der Waals surface area contributed by atoms with E-state index in [0.29, 0.717) is 38.5 Å². The zero-order chi connectivity index (χ0) is 18.5. The van der Waals surface area contributed by atoms with Gasteiger partial charge < -0.3 is 23.8 Å². The van der Waals surface area contributed by atoms with Crippen LogP contribution in [0, 0.1) is 0 Å². The summed E-state index contributed by atoms with van der Waals surface area (Å²) in [5.74, 6) is 0.513. The smallest absolute Gasteiger partial charge is 0.293 e. The number of morpholine rings is 1. The largest absolute Gasteiger partial charge is 0.378 e. The molecule has 0 aromatic carbocycles. The van der Waals surface area contributed by atoms with Crippen molar-refractivity contribution in [3.05, 3.63) is 22.7 Å². The van der Waals surface area contributed by atoms with E-state index in [-0.39, 0.29) is 23.7 Å². The number of carbonyl (C=O) groups excluding carboxylic acids is 1. The predicted molar refractivity (Wildman–Crippen MR) is 97.3 cm³/mol. The van der Waals surface area contributed by atoms with E-state index >= 15 is 0 Å². The Morgan fingerprint density at radius 1 is 1.31 bits per heavy atom. The fourth-order valence-corrected chi connectivity index (χ4v) is 3.49. The number of aromatic nitrogens is 2. The number of nitrogens with zero attached hydrogens (tertiary/aromatic N) is 4. The maximum absolute atomic E-state index is 12.6. The summed E-state index contributed by atoms with van der Waals surface area (Å²) in [5.41, 5.74) is -0.145. The molecule has 8 nitrogen and oxygen atoms in total. The van der Waals surface area contributed by atoms with Gasteiger partial charge in [0, 0.05) is 52.7 Å². The first-order chi connectivity index (χ1) is 12.5. The third kappa shape index (κ3) is 4.62. The molecule has 8 heteroatoms. The predicted octanol–water partition coefficient (Wildman–Crippen LogP) is 0.403. The highest BCUT2D eigenvalue weighted by atomic mass is 16.5. The standard InChI is InChI=1S/C18H28N4O4/c1-20-7-6-19-17(18(20)24)21(2)12-15-13-22(8-10-26-15)16(23)11-14-5-3-4-9-25-14/h6-7,14-15H,3-5,8-13H2,1-2H3/t14-,15+/m1/s1. The zero-order valence-corrected chi connectivity index (χ0v) is 15.6. The van der Waals surface area contributed by atoms with Crippen LogP contribution < -0.4 is 10.5 Å². The molecule has 0 saturated carbocycles. The molecule has 26 heavy (non-hydrogen) atoms. The van der Waals surface area contributed by atoms with Gasteiger partial charge in [-0.1, -0.05) is 0 Å². The van der Waals surface area contributed by atoms with Crippen molar-refractivity contribution >= 4 is 11.7 Å². The van der Waals surface area contributed by atoms with Crippen molar-refractivity contribution in [2.75, 3.05) is 44.8 Å². The first-order valence-corrected chi connectivity index (χ1v) is 9.28. The molecule has 3 heterocycles.